The van der Waals surface area contributed by atoms with Crippen molar-refractivity contribution in [2.75, 3.05) is 31.5 Å². The van der Waals surface area contributed by atoms with Crippen molar-refractivity contribution in [3.05, 3.63) is 77.6 Å². The third-order valence-electron chi connectivity index (χ3n) is 6.04. The molecule has 0 unspecified atom stereocenters. The summed E-state index contributed by atoms with van der Waals surface area (Å²) < 4.78 is 0. The van der Waals surface area contributed by atoms with Crippen molar-refractivity contribution in [2.45, 2.75) is 38.5 Å². The number of aliphatic imine (C=N–C) groups is 2. The average Bonchev–Trinajstić information content (AvgIpc) is 2.89. The fourth-order valence-corrected chi connectivity index (χ4v) is 4.33. The van der Waals surface area contributed by atoms with Crippen molar-refractivity contribution in [1.82, 2.24) is 10.2 Å². The van der Waals surface area contributed by atoms with Crippen LogP contribution in [0.5, 0.6) is 0 Å². The number of nitrogens with one attached hydrogen (secondary N) is 2. The van der Waals surface area contributed by atoms with Gasteiger partial charge in [-0.3, -0.25) is 0 Å². The molecule has 33 heavy (non-hydrogen) atoms. The summed E-state index contributed by atoms with van der Waals surface area (Å²) in [6.45, 7) is 8.50. The van der Waals surface area contributed by atoms with Gasteiger partial charge in [0, 0.05) is 25.1 Å². The number of amidine groups is 2. The molecule has 6 nitrogen and oxygen atoms in total. The summed E-state index contributed by atoms with van der Waals surface area (Å²) in [7, 11) is 0. The van der Waals surface area contributed by atoms with Crippen LogP contribution in [0.25, 0.3) is 0 Å². The number of nitrogens with zero attached hydrogens (tertiary/aromatic N) is 4. The molecule has 4 rings (SSSR count). The van der Waals surface area contributed by atoms with E-state index in [1.165, 1.54) is 32.4 Å². The number of fused-ring (bicyclic) bond motifs is 1. The van der Waals surface area contributed by atoms with Gasteiger partial charge < -0.3 is 15.5 Å². The van der Waals surface area contributed by atoms with E-state index in [0.29, 0.717) is 30.1 Å². The highest BCUT2D eigenvalue weighted by molar-refractivity contribution is 6.00. The van der Waals surface area contributed by atoms with Crippen molar-refractivity contribution < 1.29 is 0 Å². The number of hydrogen-bond donors (Lipinski definition) is 2. The molecule has 6 heteroatoms. The molecule has 2 N–H and O–H groups in total. The third kappa shape index (κ3) is 6.77. The standard InChI is InChI=1S/C27H32N6/c1-21-30-25-17-23(20-28)11-12-24(25)19-26(29-13-8-16-33-14-6-3-7-15-33)32-27(31-21)18-22-9-4-2-5-10-22/h2,4-5,9-12,17,30H,1,3,6-8,13-16,18-19H2,(H,29,31,32). The number of piperidine rings is 1. The highest BCUT2D eigenvalue weighted by Gasteiger charge is 2.14. The molecule has 2 aromatic rings. The lowest BCUT2D eigenvalue weighted by Crippen LogP contribution is -2.34. The Morgan fingerprint density at radius 3 is 2.67 bits per heavy atom. The van der Waals surface area contributed by atoms with Crippen LogP contribution in [0.2, 0.25) is 0 Å². The Morgan fingerprint density at radius 1 is 1.06 bits per heavy atom. The fraction of sp³-hybridized carbons (Fsp3) is 0.370. The molecule has 1 fully saturated rings. The number of benzene rings is 2. The zero-order chi connectivity index (χ0) is 22.9. The van der Waals surface area contributed by atoms with Crippen LogP contribution < -0.4 is 10.6 Å². The van der Waals surface area contributed by atoms with Crippen LogP contribution in [0.15, 0.2) is 70.9 Å². The minimum Gasteiger partial charge on any atom is -0.373 e. The summed E-state index contributed by atoms with van der Waals surface area (Å²) in [4.78, 5) is 12.2. The van der Waals surface area contributed by atoms with E-state index in [1.807, 2.05) is 36.4 Å². The first-order valence-corrected chi connectivity index (χ1v) is 11.8. The summed E-state index contributed by atoms with van der Waals surface area (Å²) in [6, 6.07) is 18.1. The minimum absolute atomic E-state index is 0.521. The molecule has 170 valence electrons. The van der Waals surface area contributed by atoms with Gasteiger partial charge in [0.1, 0.15) is 17.5 Å². The van der Waals surface area contributed by atoms with Gasteiger partial charge in [-0.15, -0.1) is 0 Å². The van der Waals surface area contributed by atoms with Gasteiger partial charge in [-0.2, -0.15) is 5.26 Å². The van der Waals surface area contributed by atoms with E-state index in [4.69, 9.17) is 9.98 Å². The quantitative estimate of drug-likeness (QED) is 0.649. The van der Waals surface area contributed by atoms with Gasteiger partial charge in [-0.25, -0.2) is 9.98 Å². The first kappa shape index (κ1) is 22.8. The molecule has 2 aliphatic rings. The Bertz CT molecular complexity index is 1060. The molecule has 1 saturated heterocycles. The van der Waals surface area contributed by atoms with Crippen LogP contribution in [0.4, 0.5) is 5.69 Å². The lowest BCUT2D eigenvalue weighted by atomic mass is 10.1. The van der Waals surface area contributed by atoms with Crippen molar-refractivity contribution >= 4 is 17.4 Å². The molecule has 0 saturated carbocycles. The number of nitriles is 1. The van der Waals surface area contributed by atoms with Crippen molar-refractivity contribution in [3.8, 4) is 6.07 Å². The summed E-state index contributed by atoms with van der Waals surface area (Å²) in [5.41, 5.74) is 3.68. The highest BCUT2D eigenvalue weighted by Crippen LogP contribution is 2.22. The summed E-state index contributed by atoms with van der Waals surface area (Å²) in [6.07, 6.45) is 6.34. The Labute approximate surface area is 196 Å². The highest BCUT2D eigenvalue weighted by atomic mass is 15.1. The van der Waals surface area contributed by atoms with Crippen molar-refractivity contribution in [2.24, 2.45) is 9.98 Å². The Morgan fingerprint density at radius 2 is 1.88 bits per heavy atom. The topological polar surface area (TPSA) is 75.8 Å². The van der Waals surface area contributed by atoms with Crippen molar-refractivity contribution in [3.63, 3.8) is 0 Å². The van der Waals surface area contributed by atoms with Crippen molar-refractivity contribution in [1.29, 1.82) is 5.26 Å². The predicted molar refractivity (Wildman–Crippen MR) is 136 cm³/mol. The number of hydrogen-bond acceptors (Lipinski definition) is 6. The molecule has 2 heterocycles. The SMILES string of the molecule is C=C1/N=C(Cc2ccccc2)\N=C(\NCCCN2CCCCC2)Cc2ccc(C#N)cc2N1. The molecule has 2 aliphatic heterocycles. The second kappa shape index (κ2) is 11.4. The van der Waals surface area contributed by atoms with Gasteiger partial charge in [0.2, 0.25) is 0 Å². The summed E-state index contributed by atoms with van der Waals surface area (Å²) in [5, 5.41) is 16.2. The molecule has 0 bridgehead atoms. The van der Waals surface area contributed by atoms with E-state index in [9.17, 15) is 5.26 Å². The maximum Gasteiger partial charge on any atom is 0.137 e. The maximum absolute atomic E-state index is 9.33. The van der Waals surface area contributed by atoms with Gasteiger partial charge in [-0.1, -0.05) is 49.4 Å². The zero-order valence-electron chi connectivity index (χ0n) is 19.2. The lowest BCUT2D eigenvalue weighted by Gasteiger charge is -2.26. The van der Waals surface area contributed by atoms with Gasteiger partial charge in [0.25, 0.3) is 0 Å². The monoisotopic (exact) mass is 440 g/mol. The largest absolute Gasteiger partial charge is 0.373 e. The number of rotatable bonds is 6. The van der Waals surface area contributed by atoms with E-state index < -0.39 is 0 Å². The van der Waals surface area contributed by atoms with Crippen LogP contribution in [-0.4, -0.2) is 42.8 Å². The van der Waals surface area contributed by atoms with Gasteiger partial charge in [0.05, 0.1) is 11.6 Å². The molecule has 2 aromatic carbocycles. The first-order chi connectivity index (χ1) is 16.2. The fourth-order valence-electron chi connectivity index (χ4n) is 4.33. The van der Waals surface area contributed by atoms with Crippen LogP contribution >= 0.6 is 0 Å². The Kier molecular flexibility index (Phi) is 7.89. The van der Waals surface area contributed by atoms with Gasteiger partial charge >= 0.3 is 0 Å². The Hall–Kier alpha value is -3.43. The predicted octanol–water partition coefficient (Wildman–Crippen LogP) is 4.50. The number of anilines is 1. The Balaban J connectivity index is 1.52. The number of likely N-dealkylation sites (tertiary alicyclic amines) is 1. The molecule has 0 radical (unpaired) electrons. The maximum atomic E-state index is 9.33. The average molecular weight is 441 g/mol. The van der Waals surface area contributed by atoms with E-state index >= 15 is 0 Å². The van der Waals surface area contributed by atoms with Crippen LogP contribution in [0.1, 0.15) is 42.4 Å². The minimum atomic E-state index is 0.521. The second-order valence-corrected chi connectivity index (χ2v) is 8.66. The smallest absolute Gasteiger partial charge is 0.137 e. The van der Waals surface area contributed by atoms with E-state index in [1.54, 1.807) is 0 Å². The molecular weight excluding hydrogens is 408 g/mol. The van der Waals surface area contributed by atoms with E-state index in [0.717, 1.165) is 42.2 Å². The molecule has 0 amide bonds. The summed E-state index contributed by atoms with van der Waals surface area (Å²) >= 11 is 0. The van der Waals surface area contributed by atoms with E-state index in [-0.39, 0.29) is 0 Å². The normalized spacial score (nSPS) is 19.9. The van der Waals surface area contributed by atoms with Gasteiger partial charge in [-0.05, 0) is 62.2 Å². The molecular formula is C27H32N6. The third-order valence-corrected chi connectivity index (χ3v) is 6.04. The second-order valence-electron chi connectivity index (χ2n) is 8.66. The molecule has 0 spiro atoms. The summed E-state index contributed by atoms with van der Waals surface area (Å²) in [5.74, 6) is 2.13. The zero-order valence-corrected chi connectivity index (χ0v) is 19.2. The van der Waals surface area contributed by atoms with Gasteiger partial charge in [0.15, 0.2) is 0 Å². The first-order valence-electron chi connectivity index (χ1n) is 11.8. The van der Waals surface area contributed by atoms with Crippen LogP contribution in [0.3, 0.4) is 0 Å². The van der Waals surface area contributed by atoms with Crippen LogP contribution in [0, 0.1) is 11.3 Å². The molecule has 0 aliphatic carbocycles. The van der Waals surface area contributed by atoms with E-state index in [2.05, 4.69) is 40.3 Å². The molecule has 0 aromatic heterocycles. The van der Waals surface area contributed by atoms with Crippen LogP contribution in [-0.2, 0) is 12.8 Å². The lowest BCUT2D eigenvalue weighted by molar-refractivity contribution is 0.227. The molecule has 0 atom stereocenters.